The van der Waals surface area contributed by atoms with Gasteiger partial charge in [-0.05, 0) is 44.1 Å². The zero-order valence-electron chi connectivity index (χ0n) is 12.0. The van der Waals surface area contributed by atoms with E-state index in [-0.39, 0.29) is 0 Å². The van der Waals surface area contributed by atoms with Gasteiger partial charge in [-0.25, -0.2) is 0 Å². The largest absolute Gasteiger partial charge is 0.493 e. The lowest BCUT2D eigenvalue weighted by atomic mass is 9.92. The maximum absolute atomic E-state index is 5.39. The van der Waals surface area contributed by atoms with Crippen molar-refractivity contribution >= 4 is 0 Å². The minimum absolute atomic E-state index is 0.306. The smallest absolute Gasteiger partial charge is 0.161 e. The van der Waals surface area contributed by atoms with Crippen LogP contribution in [-0.4, -0.2) is 33.9 Å². The van der Waals surface area contributed by atoms with E-state index < -0.39 is 0 Å². The van der Waals surface area contributed by atoms with E-state index in [2.05, 4.69) is 22.8 Å². The number of likely N-dealkylation sites (N-methyl/N-ethyl adjacent to an activating group) is 1. The second-order valence-electron chi connectivity index (χ2n) is 4.94. The second kappa shape index (κ2) is 6.78. The van der Waals surface area contributed by atoms with Crippen molar-refractivity contribution in [2.45, 2.75) is 31.3 Å². The van der Waals surface area contributed by atoms with Gasteiger partial charge in [0.1, 0.15) is 0 Å². The van der Waals surface area contributed by atoms with E-state index in [4.69, 9.17) is 9.47 Å². The first-order valence-electron chi connectivity index (χ1n) is 6.92. The molecule has 19 heavy (non-hydrogen) atoms. The van der Waals surface area contributed by atoms with Gasteiger partial charge in [0, 0.05) is 12.1 Å². The zero-order chi connectivity index (χ0) is 13.7. The Labute approximate surface area is 115 Å². The summed E-state index contributed by atoms with van der Waals surface area (Å²) in [5.74, 6) is 1.56. The Bertz CT molecular complexity index is 403. The number of piperidine rings is 1. The summed E-state index contributed by atoms with van der Waals surface area (Å²) in [6.07, 6.45) is 3.78. The second-order valence-corrected chi connectivity index (χ2v) is 4.94. The lowest BCUT2D eigenvalue weighted by Gasteiger charge is -2.31. The predicted octanol–water partition coefficient (Wildman–Crippen LogP) is 2.11. The van der Waals surface area contributed by atoms with Crippen LogP contribution >= 0.6 is 0 Å². The zero-order valence-corrected chi connectivity index (χ0v) is 12.0. The molecule has 2 atom stereocenters. The first kappa shape index (κ1) is 14.2. The van der Waals surface area contributed by atoms with Crippen LogP contribution in [-0.2, 0) is 0 Å². The molecule has 1 fully saturated rings. The van der Waals surface area contributed by atoms with Gasteiger partial charge in [0.2, 0.25) is 0 Å². The molecule has 4 heteroatoms. The average Bonchev–Trinajstić information content (AvgIpc) is 2.49. The fourth-order valence-electron chi connectivity index (χ4n) is 2.81. The monoisotopic (exact) mass is 264 g/mol. The van der Waals surface area contributed by atoms with Gasteiger partial charge in [-0.1, -0.05) is 12.5 Å². The summed E-state index contributed by atoms with van der Waals surface area (Å²) in [6.45, 7) is 1.11. The van der Waals surface area contributed by atoms with Crippen molar-refractivity contribution in [1.82, 2.24) is 10.6 Å². The summed E-state index contributed by atoms with van der Waals surface area (Å²) in [7, 11) is 5.35. The van der Waals surface area contributed by atoms with E-state index in [1.54, 1.807) is 14.2 Å². The molecule has 2 N–H and O–H groups in total. The first-order chi connectivity index (χ1) is 9.30. The molecule has 1 aliphatic heterocycles. The van der Waals surface area contributed by atoms with Gasteiger partial charge < -0.3 is 20.1 Å². The fraction of sp³-hybridized carbons (Fsp3) is 0.600. The first-order valence-corrected chi connectivity index (χ1v) is 6.92. The van der Waals surface area contributed by atoms with Gasteiger partial charge in [0.15, 0.2) is 11.5 Å². The lowest BCUT2D eigenvalue weighted by Crippen LogP contribution is -2.43. The fourth-order valence-corrected chi connectivity index (χ4v) is 2.81. The number of nitrogens with one attached hydrogen (secondary N) is 2. The van der Waals surface area contributed by atoms with Crippen LogP contribution in [0.3, 0.4) is 0 Å². The number of hydrogen-bond acceptors (Lipinski definition) is 4. The van der Waals surface area contributed by atoms with Crippen molar-refractivity contribution in [2.24, 2.45) is 0 Å². The molecule has 106 valence electrons. The SMILES string of the molecule is CNC(c1ccc(OC)c(OC)c1)C1CCCCN1. The molecule has 0 amide bonds. The van der Waals surface area contributed by atoms with E-state index >= 15 is 0 Å². The standard InChI is InChI=1S/C15H24N2O2/c1-16-15(12-6-4-5-9-17-12)11-7-8-13(18-2)14(10-11)19-3/h7-8,10,12,15-17H,4-6,9H2,1-3H3. The van der Waals surface area contributed by atoms with Crippen LogP contribution in [0, 0.1) is 0 Å². The molecule has 1 aliphatic rings. The third-order valence-corrected chi connectivity index (χ3v) is 3.83. The molecule has 1 saturated heterocycles. The predicted molar refractivity (Wildman–Crippen MR) is 77.0 cm³/mol. The molecule has 0 aromatic heterocycles. The van der Waals surface area contributed by atoms with Crippen LogP contribution in [0.4, 0.5) is 0 Å². The Kier molecular flexibility index (Phi) is 5.05. The normalized spacial score (nSPS) is 20.9. The van der Waals surface area contributed by atoms with Crippen LogP contribution in [0.15, 0.2) is 18.2 Å². The minimum atomic E-state index is 0.306. The number of methoxy groups -OCH3 is 2. The molecule has 0 bridgehead atoms. The Hall–Kier alpha value is -1.26. The van der Waals surface area contributed by atoms with E-state index in [0.29, 0.717) is 12.1 Å². The molecule has 0 spiro atoms. The minimum Gasteiger partial charge on any atom is -0.493 e. The number of hydrogen-bond donors (Lipinski definition) is 2. The van der Waals surface area contributed by atoms with E-state index in [9.17, 15) is 0 Å². The summed E-state index contributed by atoms with van der Waals surface area (Å²) in [4.78, 5) is 0. The molecular weight excluding hydrogens is 240 g/mol. The highest BCUT2D eigenvalue weighted by atomic mass is 16.5. The van der Waals surface area contributed by atoms with E-state index in [0.717, 1.165) is 18.0 Å². The van der Waals surface area contributed by atoms with Crippen molar-refractivity contribution in [3.05, 3.63) is 23.8 Å². The van der Waals surface area contributed by atoms with Crippen LogP contribution in [0.25, 0.3) is 0 Å². The van der Waals surface area contributed by atoms with Crippen molar-refractivity contribution in [3.63, 3.8) is 0 Å². The third-order valence-electron chi connectivity index (χ3n) is 3.83. The van der Waals surface area contributed by atoms with Gasteiger partial charge >= 0.3 is 0 Å². The van der Waals surface area contributed by atoms with E-state index in [1.165, 1.54) is 24.8 Å². The van der Waals surface area contributed by atoms with E-state index in [1.807, 2.05) is 13.1 Å². The molecule has 0 saturated carbocycles. The van der Waals surface area contributed by atoms with Gasteiger partial charge in [0.05, 0.1) is 14.2 Å². The maximum Gasteiger partial charge on any atom is 0.161 e. The van der Waals surface area contributed by atoms with Crippen LogP contribution in [0.2, 0.25) is 0 Å². The molecule has 1 aromatic carbocycles. The van der Waals surface area contributed by atoms with Crippen LogP contribution in [0.1, 0.15) is 30.9 Å². The van der Waals surface area contributed by atoms with Crippen molar-refractivity contribution < 1.29 is 9.47 Å². The van der Waals surface area contributed by atoms with Gasteiger partial charge in [0.25, 0.3) is 0 Å². The van der Waals surface area contributed by atoms with Crippen molar-refractivity contribution in [1.29, 1.82) is 0 Å². The van der Waals surface area contributed by atoms with Gasteiger partial charge in [-0.15, -0.1) is 0 Å². The summed E-state index contributed by atoms with van der Waals surface area (Å²) >= 11 is 0. The molecular formula is C15H24N2O2. The Balaban J connectivity index is 2.22. The van der Waals surface area contributed by atoms with Crippen molar-refractivity contribution in [3.8, 4) is 11.5 Å². The summed E-state index contributed by atoms with van der Waals surface area (Å²) in [6, 6.07) is 6.94. The Morgan fingerprint density at radius 2 is 2.00 bits per heavy atom. The summed E-state index contributed by atoms with van der Waals surface area (Å²) in [5, 5.41) is 7.02. The summed E-state index contributed by atoms with van der Waals surface area (Å²) in [5.41, 5.74) is 1.24. The summed E-state index contributed by atoms with van der Waals surface area (Å²) < 4.78 is 10.7. The third kappa shape index (κ3) is 3.19. The van der Waals surface area contributed by atoms with Crippen LogP contribution < -0.4 is 20.1 Å². The number of benzene rings is 1. The van der Waals surface area contributed by atoms with Gasteiger partial charge in [-0.2, -0.15) is 0 Å². The molecule has 4 nitrogen and oxygen atoms in total. The highest BCUT2D eigenvalue weighted by Crippen LogP contribution is 2.32. The molecule has 2 rings (SSSR count). The average molecular weight is 264 g/mol. The number of ether oxygens (including phenoxy) is 2. The van der Waals surface area contributed by atoms with Gasteiger partial charge in [-0.3, -0.25) is 0 Å². The molecule has 2 unspecified atom stereocenters. The maximum atomic E-state index is 5.39. The molecule has 0 aliphatic carbocycles. The lowest BCUT2D eigenvalue weighted by molar-refractivity contribution is 0.323. The van der Waals surface area contributed by atoms with Crippen molar-refractivity contribution in [2.75, 3.05) is 27.8 Å². The quantitative estimate of drug-likeness (QED) is 0.855. The highest BCUT2D eigenvalue weighted by molar-refractivity contribution is 5.44. The Morgan fingerprint density at radius 1 is 1.21 bits per heavy atom. The Morgan fingerprint density at radius 3 is 2.58 bits per heavy atom. The highest BCUT2D eigenvalue weighted by Gasteiger charge is 2.24. The molecule has 1 aromatic rings. The molecule has 0 radical (unpaired) electrons. The number of rotatable bonds is 5. The van der Waals surface area contributed by atoms with Crippen LogP contribution in [0.5, 0.6) is 11.5 Å². The topological polar surface area (TPSA) is 42.5 Å². The molecule has 1 heterocycles.